The van der Waals surface area contributed by atoms with E-state index >= 15 is 0 Å². The lowest BCUT2D eigenvalue weighted by atomic mass is 9.97. The molecule has 17 heavy (non-hydrogen) atoms. The van der Waals surface area contributed by atoms with Gasteiger partial charge in [0.1, 0.15) is 6.10 Å². The first-order valence-electron chi connectivity index (χ1n) is 5.78. The smallest absolute Gasteiger partial charge is 0.104 e. The van der Waals surface area contributed by atoms with Crippen molar-refractivity contribution in [1.82, 2.24) is 5.32 Å². The van der Waals surface area contributed by atoms with Gasteiger partial charge in [0.25, 0.3) is 0 Å². The molecule has 0 spiro atoms. The predicted molar refractivity (Wildman–Crippen MR) is 69.7 cm³/mol. The fourth-order valence-electron chi connectivity index (χ4n) is 1.97. The van der Waals surface area contributed by atoms with Crippen molar-refractivity contribution in [1.29, 1.82) is 0 Å². The first-order valence-corrected chi connectivity index (χ1v) is 5.78. The Morgan fingerprint density at radius 3 is 2.35 bits per heavy atom. The van der Waals surface area contributed by atoms with E-state index in [-0.39, 0.29) is 0 Å². The minimum absolute atomic E-state index is 0.555. The van der Waals surface area contributed by atoms with E-state index < -0.39 is 6.10 Å². The number of nitrogens with one attached hydrogen (secondary N) is 1. The third-order valence-electron chi connectivity index (χ3n) is 2.83. The van der Waals surface area contributed by atoms with E-state index in [1.807, 2.05) is 61.6 Å². The average Bonchev–Trinajstić information content (AvgIpc) is 2.40. The summed E-state index contributed by atoms with van der Waals surface area (Å²) in [5, 5.41) is 13.5. The molecule has 0 heterocycles. The molecule has 1 atom stereocenters. The Bertz CT molecular complexity index is 467. The Morgan fingerprint density at radius 1 is 1.00 bits per heavy atom. The molecule has 0 aliphatic carbocycles. The zero-order chi connectivity index (χ0) is 12.1. The number of aliphatic hydroxyl groups excluding tert-OH is 1. The van der Waals surface area contributed by atoms with Crippen LogP contribution >= 0.6 is 0 Å². The van der Waals surface area contributed by atoms with Crippen LogP contribution < -0.4 is 5.32 Å². The fraction of sp³-hybridized carbons (Fsp3) is 0.200. The first-order chi connectivity index (χ1) is 8.33. The number of rotatable bonds is 4. The van der Waals surface area contributed by atoms with E-state index in [1.165, 1.54) is 0 Å². The summed E-state index contributed by atoms with van der Waals surface area (Å²) in [5.41, 5.74) is 3.02. The highest BCUT2D eigenvalue weighted by atomic mass is 16.3. The van der Waals surface area contributed by atoms with Gasteiger partial charge in [0.15, 0.2) is 0 Å². The maximum Gasteiger partial charge on any atom is 0.104 e. The summed E-state index contributed by atoms with van der Waals surface area (Å²) >= 11 is 0. The lowest BCUT2D eigenvalue weighted by Crippen LogP contribution is -2.10. The van der Waals surface area contributed by atoms with Crippen LogP contribution in [-0.2, 0) is 6.54 Å². The third-order valence-corrected chi connectivity index (χ3v) is 2.83. The standard InChI is InChI=1S/C15H17NO/c1-16-11-13-9-5-6-10-14(13)15(17)12-7-3-2-4-8-12/h2-10,15-17H,11H2,1H3. The molecule has 0 amide bonds. The van der Waals surface area contributed by atoms with Crippen molar-refractivity contribution in [2.75, 3.05) is 7.05 Å². The van der Waals surface area contributed by atoms with Gasteiger partial charge in [0.05, 0.1) is 0 Å². The summed E-state index contributed by atoms with van der Waals surface area (Å²) in [6.07, 6.45) is -0.555. The van der Waals surface area contributed by atoms with Gasteiger partial charge in [0.2, 0.25) is 0 Å². The van der Waals surface area contributed by atoms with Crippen molar-refractivity contribution in [2.24, 2.45) is 0 Å². The molecule has 2 aromatic carbocycles. The van der Waals surface area contributed by atoms with Gasteiger partial charge in [-0.25, -0.2) is 0 Å². The highest BCUT2D eigenvalue weighted by Crippen LogP contribution is 2.24. The normalized spacial score (nSPS) is 12.4. The largest absolute Gasteiger partial charge is 0.384 e. The van der Waals surface area contributed by atoms with Crippen molar-refractivity contribution in [3.8, 4) is 0 Å². The van der Waals surface area contributed by atoms with E-state index in [2.05, 4.69) is 5.32 Å². The second-order valence-electron chi connectivity index (χ2n) is 4.04. The quantitative estimate of drug-likeness (QED) is 0.841. The average molecular weight is 227 g/mol. The number of benzene rings is 2. The van der Waals surface area contributed by atoms with Crippen LogP contribution in [-0.4, -0.2) is 12.2 Å². The van der Waals surface area contributed by atoms with Crippen LogP contribution in [0.2, 0.25) is 0 Å². The highest BCUT2D eigenvalue weighted by Gasteiger charge is 2.12. The molecule has 0 aliphatic heterocycles. The molecule has 2 nitrogen and oxygen atoms in total. The zero-order valence-electron chi connectivity index (χ0n) is 9.93. The molecule has 2 heteroatoms. The number of hydrogen-bond donors (Lipinski definition) is 2. The van der Waals surface area contributed by atoms with E-state index in [0.717, 1.165) is 23.2 Å². The molecule has 0 aromatic heterocycles. The summed E-state index contributed by atoms with van der Waals surface area (Å²) in [5.74, 6) is 0. The van der Waals surface area contributed by atoms with Gasteiger partial charge in [0, 0.05) is 6.54 Å². The van der Waals surface area contributed by atoms with Crippen molar-refractivity contribution in [3.63, 3.8) is 0 Å². The Balaban J connectivity index is 2.33. The molecule has 0 aliphatic rings. The van der Waals surface area contributed by atoms with Gasteiger partial charge >= 0.3 is 0 Å². The molecular weight excluding hydrogens is 210 g/mol. The summed E-state index contributed by atoms with van der Waals surface area (Å²) in [6.45, 7) is 0.764. The maximum absolute atomic E-state index is 10.4. The molecule has 88 valence electrons. The van der Waals surface area contributed by atoms with Gasteiger partial charge in [-0.3, -0.25) is 0 Å². The van der Waals surface area contributed by atoms with Crippen molar-refractivity contribution in [2.45, 2.75) is 12.6 Å². The first kappa shape index (κ1) is 11.8. The number of hydrogen-bond acceptors (Lipinski definition) is 2. The van der Waals surface area contributed by atoms with Crippen LogP contribution in [0.5, 0.6) is 0 Å². The molecule has 0 radical (unpaired) electrons. The van der Waals surface area contributed by atoms with Crippen LogP contribution in [0.1, 0.15) is 22.8 Å². The van der Waals surface area contributed by atoms with Crippen LogP contribution in [0.25, 0.3) is 0 Å². The molecule has 0 saturated carbocycles. The SMILES string of the molecule is CNCc1ccccc1C(O)c1ccccc1. The van der Waals surface area contributed by atoms with Crippen molar-refractivity contribution in [3.05, 3.63) is 71.3 Å². The van der Waals surface area contributed by atoms with Gasteiger partial charge in [-0.15, -0.1) is 0 Å². The van der Waals surface area contributed by atoms with Crippen molar-refractivity contribution < 1.29 is 5.11 Å². The Kier molecular flexibility index (Phi) is 3.91. The topological polar surface area (TPSA) is 32.3 Å². The Morgan fingerprint density at radius 2 is 1.65 bits per heavy atom. The molecule has 0 fully saturated rings. The molecular formula is C15H17NO. The lowest BCUT2D eigenvalue weighted by Gasteiger charge is -2.15. The van der Waals surface area contributed by atoms with E-state index in [0.29, 0.717) is 0 Å². The van der Waals surface area contributed by atoms with E-state index in [4.69, 9.17) is 0 Å². The van der Waals surface area contributed by atoms with Crippen LogP contribution in [0.15, 0.2) is 54.6 Å². The zero-order valence-corrected chi connectivity index (χ0v) is 9.93. The molecule has 0 saturated heterocycles. The van der Waals surface area contributed by atoms with Gasteiger partial charge in [-0.1, -0.05) is 54.6 Å². The minimum atomic E-state index is -0.555. The summed E-state index contributed by atoms with van der Waals surface area (Å²) in [4.78, 5) is 0. The van der Waals surface area contributed by atoms with Crippen LogP contribution in [0.3, 0.4) is 0 Å². The van der Waals surface area contributed by atoms with Gasteiger partial charge in [-0.05, 0) is 23.7 Å². The highest BCUT2D eigenvalue weighted by molar-refractivity contribution is 5.35. The maximum atomic E-state index is 10.4. The fourth-order valence-corrected chi connectivity index (χ4v) is 1.97. The molecule has 2 aromatic rings. The minimum Gasteiger partial charge on any atom is -0.384 e. The summed E-state index contributed by atoms with van der Waals surface area (Å²) < 4.78 is 0. The molecule has 2 rings (SSSR count). The Labute approximate surface area is 102 Å². The second-order valence-corrected chi connectivity index (χ2v) is 4.04. The second kappa shape index (κ2) is 5.62. The molecule has 2 N–H and O–H groups in total. The molecule has 0 bridgehead atoms. The number of aliphatic hydroxyl groups is 1. The molecule has 1 unspecified atom stereocenters. The summed E-state index contributed by atoms with van der Waals surface area (Å²) in [7, 11) is 1.91. The van der Waals surface area contributed by atoms with Crippen LogP contribution in [0.4, 0.5) is 0 Å². The van der Waals surface area contributed by atoms with Crippen molar-refractivity contribution >= 4 is 0 Å². The lowest BCUT2D eigenvalue weighted by molar-refractivity contribution is 0.219. The van der Waals surface area contributed by atoms with Gasteiger partial charge < -0.3 is 10.4 Å². The summed E-state index contributed by atoms with van der Waals surface area (Å²) in [6, 6.07) is 17.7. The van der Waals surface area contributed by atoms with E-state index in [1.54, 1.807) is 0 Å². The Hall–Kier alpha value is -1.64. The van der Waals surface area contributed by atoms with Crippen LogP contribution in [0, 0.1) is 0 Å². The third kappa shape index (κ3) is 2.73. The predicted octanol–water partition coefficient (Wildman–Crippen LogP) is 2.49. The van der Waals surface area contributed by atoms with E-state index in [9.17, 15) is 5.11 Å². The van der Waals surface area contributed by atoms with Gasteiger partial charge in [-0.2, -0.15) is 0 Å². The monoisotopic (exact) mass is 227 g/mol.